The van der Waals surface area contributed by atoms with Crippen molar-refractivity contribution in [3.63, 3.8) is 0 Å². The first-order chi connectivity index (χ1) is 12.5. The lowest BCUT2D eigenvalue weighted by Gasteiger charge is -2.09. The lowest BCUT2D eigenvalue weighted by Crippen LogP contribution is -2.17. The van der Waals surface area contributed by atoms with E-state index in [0.29, 0.717) is 21.7 Å². The number of nitrogens with zero attached hydrogens (tertiary/aromatic N) is 3. The summed E-state index contributed by atoms with van der Waals surface area (Å²) in [6, 6.07) is 13.2. The predicted molar refractivity (Wildman–Crippen MR) is 106 cm³/mol. The van der Waals surface area contributed by atoms with E-state index in [0.717, 1.165) is 16.7 Å². The Morgan fingerprint density at radius 2 is 2.00 bits per heavy atom. The summed E-state index contributed by atoms with van der Waals surface area (Å²) >= 11 is 7.29. The van der Waals surface area contributed by atoms with E-state index in [1.54, 1.807) is 12.1 Å². The highest BCUT2D eigenvalue weighted by atomic mass is 35.5. The number of aromatic nitrogens is 3. The summed E-state index contributed by atoms with van der Waals surface area (Å²) in [4.78, 5) is 12.2. The van der Waals surface area contributed by atoms with Crippen LogP contribution in [0.15, 0.2) is 47.6 Å². The summed E-state index contributed by atoms with van der Waals surface area (Å²) in [5, 5.41) is 12.1. The molecule has 26 heavy (non-hydrogen) atoms. The minimum absolute atomic E-state index is 0.162. The zero-order valence-corrected chi connectivity index (χ0v) is 15.9. The Bertz CT molecular complexity index is 957. The molecule has 0 fully saturated rings. The highest BCUT2D eigenvalue weighted by Gasteiger charge is 2.14. The lowest BCUT2D eigenvalue weighted by molar-refractivity contribution is -0.113. The van der Waals surface area contributed by atoms with Crippen molar-refractivity contribution in [2.24, 2.45) is 0 Å². The van der Waals surface area contributed by atoms with Gasteiger partial charge >= 0.3 is 0 Å². The van der Waals surface area contributed by atoms with Crippen LogP contribution in [0.3, 0.4) is 0 Å². The number of halogens is 1. The fraction of sp³-hybridized carbons (Fsp3) is 0.167. The highest BCUT2D eigenvalue weighted by Crippen LogP contribution is 2.25. The summed E-state index contributed by atoms with van der Waals surface area (Å²) in [5.74, 6) is 6.64. The van der Waals surface area contributed by atoms with Gasteiger partial charge < -0.3 is 11.2 Å². The molecule has 3 rings (SSSR count). The smallest absolute Gasteiger partial charge is 0.234 e. The fourth-order valence-electron chi connectivity index (χ4n) is 2.42. The molecule has 0 aliphatic rings. The molecule has 0 unspecified atom stereocenters. The normalized spacial score (nSPS) is 10.7. The number of nitrogen functional groups attached to an aromatic ring is 1. The van der Waals surface area contributed by atoms with Crippen LogP contribution in [0.1, 0.15) is 11.1 Å². The van der Waals surface area contributed by atoms with Crippen molar-refractivity contribution in [3.05, 3.63) is 58.6 Å². The molecule has 0 aliphatic carbocycles. The van der Waals surface area contributed by atoms with Crippen LogP contribution in [0.2, 0.25) is 5.02 Å². The van der Waals surface area contributed by atoms with Gasteiger partial charge in [0.25, 0.3) is 0 Å². The number of rotatable bonds is 5. The van der Waals surface area contributed by atoms with E-state index in [9.17, 15) is 4.79 Å². The molecule has 0 atom stereocenters. The van der Waals surface area contributed by atoms with Crippen molar-refractivity contribution in [3.8, 4) is 11.4 Å². The number of carbonyl (C=O) groups excluding carboxylic acids is 1. The molecule has 134 valence electrons. The van der Waals surface area contributed by atoms with Gasteiger partial charge in [-0.1, -0.05) is 53.2 Å². The number of hydrogen-bond donors (Lipinski definition) is 2. The molecule has 1 aromatic heterocycles. The van der Waals surface area contributed by atoms with Gasteiger partial charge in [-0.15, -0.1) is 10.2 Å². The Hall–Kier alpha value is -2.51. The maximum absolute atomic E-state index is 12.2. The average molecular weight is 388 g/mol. The summed E-state index contributed by atoms with van der Waals surface area (Å²) in [5.41, 5.74) is 3.51. The number of thioether (sulfide) groups is 1. The van der Waals surface area contributed by atoms with Gasteiger partial charge in [0.05, 0.1) is 5.75 Å². The van der Waals surface area contributed by atoms with E-state index >= 15 is 0 Å². The maximum Gasteiger partial charge on any atom is 0.234 e. The first-order valence-electron chi connectivity index (χ1n) is 7.91. The van der Waals surface area contributed by atoms with Crippen molar-refractivity contribution in [2.45, 2.75) is 19.0 Å². The van der Waals surface area contributed by atoms with Crippen molar-refractivity contribution in [1.29, 1.82) is 0 Å². The number of nitrogens with one attached hydrogen (secondary N) is 1. The van der Waals surface area contributed by atoms with Crippen molar-refractivity contribution >= 4 is 35.0 Å². The van der Waals surface area contributed by atoms with Gasteiger partial charge in [-0.2, -0.15) is 0 Å². The van der Waals surface area contributed by atoms with E-state index in [4.69, 9.17) is 17.4 Å². The molecule has 0 aliphatic heterocycles. The minimum atomic E-state index is -0.166. The topological polar surface area (TPSA) is 85.8 Å². The van der Waals surface area contributed by atoms with Crippen LogP contribution >= 0.6 is 23.4 Å². The quantitative estimate of drug-likeness (QED) is 0.515. The van der Waals surface area contributed by atoms with Crippen LogP contribution < -0.4 is 11.2 Å². The Balaban J connectivity index is 1.67. The van der Waals surface area contributed by atoms with Crippen molar-refractivity contribution < 1.29 is 4.79 Å². The van der Waals surface area contributed by atoms with Crippen LogP contribution in [0.25, 0.3) is 11.4 Å². The summed E-state index contributed by atoms with van der Waals surface area (Å²) in [7, 11) is 0. The number of hydrogen-bond acceptors (Lipinski definition) is 5. The van der Waals surface area contributed by atoms with Gasteiger partial charge in [-0.3, -0.25) is 4.79 Å². The van der Waals surface area contributed by atoms with Gasteiger partial charge in [-0.05, 0) is 37.6 Å². The fourth-order valence-corrected chi connectivity index (χ4v) is 3.25. The number of carbonyl (C=O) groups is 1. The van der Waals surface area contributed by atoms with Gasteiger partial charge in [0.1, 0.15) is 0 Å². The first kappa shape index (κ1) is 18.3. The van der Waals surface area contributed by atoms with Crippen LogP contribution in [0.5, 0.6) is 0 Å². The third kappa shape index (κ3) is 4.00. The highest BCUT2D eigenvalue weighted by molar-refractivity contribution is 7.99. The molecule has 3 N–H and O–H groups in total. The predicted octanol–water partition coefficient (Wildman–Crippen LogP) is 3.66. The number of aryl methyl sites for hydroxylation is 1. The molecule has 0 spiro atoms. The molecule has 8 heteroatoms. The Kier molecular flexibility index (Phi) is 5.49. The molecule has 0 radical (unpaired) electrons. The SMILES string of the molecule is Cc1cccc(-c2nnc(SCC(=O)Nc3cccc(Cl)c3C)n2N)c1. The number of nitrogens with two attached hydrogens (primary N) is 1. The van der Waals surface area contributed by atoms with Gasteiger partial charge in [0, 0.05) is 16.3 Å². The maximum atomic E-state index is 12.2. The second-order valence-corrected chi connectivity index (χ2v) is 7.14. The van der Waals surface area contributed by atoms with Gasteiger partial charge in [0.15, 0.2) is 5.82 Å². The molecule has 0 saturated carbocycles. The van der Waals surface area contributed by atoms with Crippen LogP contribution in [-0.2, 0) is 4.79 Å². The van der Waals surface area contributed by atoms with Crippen molar-refractivity contribution in [2.75, 3.05) is 16.9 Å². The average Bonchev–Trinajstić information content (AvgIpc) is 2.98. The summed E-state index contributed by atoms with van der Waals surface area (Å²) in [6.45, 7) is 3.86. The molecule has 2 aromatic carbocycles. The van der Waals surface area contributed by atoms with Crippen LogP contribution in [0.4, 0.5) is 5.69 Å². The second kappa shape index (κ2) is 7.80. The van der Waals surface area contributed by atoms with E-state index in [1.165, 1.54) is 16.4 Å². The number of benzene rings is 2. The van der Waals surface area contributed by atoms with Crippen LogP contribution in [-0.4, -0.2) is 26.5 Å². The molecule has 3 aromatic rings. The monoisotopic (exact) mass is 387 g/mol. The Morgan fingerprint density at radius 1 is 1.23 bits per heavy atom. The largest absolute Gasteiger partial charge is 0.335 e. The van der Waals surface area contributed by atoms with E-state index in [-0.39, 0.29) is 11.7 Å². The minimum Gasteiger partial charge on any atom is -0.335 e. The molecule has 0 saturated heterocycles. The molecule has 6 nitrogen and oxygen atoms in total. The molecular formula is C18H18ClN5OS. The zero-order chi connectivity index (χ0) is 18.7. The van der Waals surface area contributed by atoms with Gasteiger partial charge in [0.2, 0.25) is 11.1 Å². The number of amides is 1. The van der Waals surface area contributed by atoms with Crippen molar-refractivity contribution in [1.82, 2.24) is 14.9 Å². The first-order valence-corrected chi connectivity index (χ1v) is 9.27. The second-order valence-electron chi connectivity index (χ2n) is 5.79. The Labute approximate surface area is 160 Å². The zero-order valence-electron chi connectivity index (χ0n) is 14.4. The third-order valence-corrected chi connectivity index (χ3v) is 5.17. The van der Waals surface area contributed by atoms with E-state index in [2.05, 4.69) is 15.5 Å². The Morgan fingerprint density at radius 3 is 2.77 bits per heavy atom. The van der Waals surface area contributed by atoms with Crippen LogP contribution in [0, 0.1) is 13.8 Å². The lowest BCUT2D eigenvalue weighted by atomic mass is 10.1. The third-order valence-electron chi connectivity index (χ3n) is 3.81. The molecule has 1 amide bonds. The molecular weight excluding hydrogens is 370 g/mol. The summed E-state index contributed by atoms with van der Waals surface area (Å²) < 4.78 is 1.40. The molecule has 0 bridgehead atoms. The van der Waals surface area contributed by atoms with E-state index < -0.39 is 0 Å². The molecule has 1 heterocycles. The number of anilines is 1. The van der Waals surface area contributed by atoms with Gasteiger partial charge in [-0.25, -0.2) is 4.68 Å². The summed E-state index contributed by atoms with van der Waals surface area (Å²) in [6.07, 6.45) is 0. The van der Waals surface area contributed by atoms with E-state index in [1.807, 2.05) is 44.2 Å². The standard InChI is InChI=1S/C18H18ClN5OS/c1-11-5-3-6-13(9-11)17-22-23-18(24(17)20)26-10-16(25)21-15-8-4-7-14(19)12(15)2/h3-9H,10,20H2,1-2H3,(H,21,25).